The molecule has 4 rings (SSSR count). The maximum Gasteiger partial charge on any atom is 0.257 e. The van der Waals surface area contributed by atoms with Gasteiger partial charge < -0.3 is 15.5 Å². The standard InChI is InChI=1S/C35H39N5O3.C3H8/c1-6-31-14-13-30(22-37-31)34(42)39-32-21-29(8-7-24(32)4)35(43)40-19-16-27(17-20-40)26-9-11-28(12-10-26)33(41)38-25(5)36-18-15-23(2)3;1-3-2/h7-15,18,21-22,27H,5-6,16-17,19-20H2,1-4H3,(H,38,41)(H,39,42);3H2,1-2H3/b36-18-;. The van der Waals surface area contributed by atoms with E-state index < -0.39 is 0 Å². The van der Waals surface area contributed by atoms with Gasteiger partial charge in [0, 0.05) is 48.0 Å². The lowest BCUT2D eigenvalue weighted by Crippen LogP contribution is -2.38. The first-order valence-corrected chi connectivity index (χ1v) is 16.0. The summed E-state index contributed by atoms with van der Waals surface area (Å²) < 4.78 is 0. The molecule has 8 nitrogen and oxygen atoms in total. The van der Waals surface area contributed by atoms with Crippen LogP contribution in [0.2, 0.25) is 0 Å². The fourth-order valence-corrected chi connectivity index (χ4v) is 4.87. The van der Waals surface area contributed by atoms with Crippen LogP contribution >= 0.6 is 0 Å². The van der Waals surface area contributed by atoms with E-state index in [9.17, 15) is 14.4 Å². The molecule has 2 N–H and O–H groups in total. The number of rotatable bonds is 9. The van der Waals surface area contributed by atoms with Crippen LogP contribution in [-0.2, 0) is 6.42 Å². The Kier molecular flexibility index (Phi) is 13.6. The molecule has 1 saturated heterocycles. The number of carbonyl (C=O) groups excluding carboxylic acids is 3. The summed E-state index contributed by atoms with van der Waals surface area (Å²) in [6.07, 6.45) is 8.73. The molecule has 0 unspecified atom stereocenters. The third kappa shape index (κ3) is 10.4. The van der Waals surface area contributed by atoms with Gasteiger partial charge >= 0.3 is 0 Å². The Morgan fingerprint density at radius 1 is 0.935 bits per heavy atom. The molecule has 3 aromatic rings. The second-order valence-electron chi connectivity index (χ2n) is 11.7. The predicted octanol–water partition coefficient (Wildman–Crippen LogP) is 7.88. The van der Waals surface area contributed by atoms with Crippen LogP contribution in [0.4, 0.5) is 5.69 Å². The van der Waals surface area contributed by atoms with Crippen molar-refractivity contribution in [3.63, 3.8) is 0 Å². The Balaban J connectivity index is 0.00000185. The van der Waals surface area contributed by atoms with Gasteiger partial charge in [0.05, 0.1) is 5.56 Å². The van der Waals surface area contributed by atoms with E-state index in [1.807, 2.05) is 81.1 Å². The van der Waals surface area contributed by atoms with E-state index in [2.05, 4.69) is 41.0 Å². The summed E-state index contributed by atoms with van der Waals surface area (Å²) in [5.74, 6) is 0.00888. The minimum absolute atomic E-state index is 0.0533. The Bertz CT molecular complexity index is 1560. The number of aryl methyl sites for hydroxylation is 2. The van der Waals surface area contributed by atoms with Crippen LogP contribution in [0.25, 0.3) is 0 Å². The highest BCUT2D eigenvalue weighted by Gasteiger charge is 2.25. The topological polar surface area (TPSA) is 104 Å². The van der Waals surface area contributed by atoms with Gasteiger partial charge in [0.1, 0.15) is 5.82 Å². The third-order valence-electron chi connectivity index (χ3n) is 7.50. The molecule has 46 heavy (non-hydrogen) atoms. The first-order valence-electron chi connectivity index (χ1n) is 16.0. The fraction of sp³-hybridized carbons (Fsp3) is 0.342. The van der Waals surface area contributed by atoms with Gasteiger partial charge in [-0.15, -0.1) is 0 Å². The number of allylic oxidation sites excluding steroid dienone is 2. The number of hydrogen-bond donors (Lipinski definition) is 2. The molecule has 1 aliphatic heterocycles. The highest BCUT2D eigenvalue weighted by Crippen LogP contribution is 2.29. The summed E-state index contributed by atoms with van der Waals surface area (Å²) in [5, 5.41) is 5.64. The van der Waals surface area contributed by atoms with Crippen molar-refractivity contribution in [1.82, 2.24) is 15.2 Å². The zero-order valence-electron chi connectivity index (χ0n) is 28.0. The fourth-order valence-electron chi connectivity index (χ4n) is 4.87. The molecule has 0 saturated carbocycles. The van der Waals surface area contributed by atoms with Crippen LogP contribution < -0.4 is 10.6 Å². The minimum Gasteiger partial charge on any atom is -0.339 e. The lowest BCUT2D eigenvalue weighted by molar-refractivity contribution is 0.0712. The summed E-state index contributed by atoms with van der Waals surface area (Å²) in [6.45, 7) is 17.1. The van der Waals surface area contributed by atoms with Crippen LogP contribution in [0.15, 0.2) is 89.8 Å². The largest absolute Gasteiger partial charge is 0.339 e. The number of amides is 3. The molecule has 8 heteroatoms. The quantitative estimate of drug-likeness (QED) is 0.237. The number of hydrogen-bond acceptors (Lipinski definition) is 5. The van der Waals surface area contributed by atoms with Crippen LogP contribution in [0.5, 0.6) is 0 Å². The van der Waals surface area contributed by atoms with Gasteiger partial charge in [-0.25, -0.2) is 4.99 Å². The SMILES string of the molecule is C=C(/N=C\C=C(C)C)NC(=O)c1ccc(C2CCN(C(=O)c3ccc(C)c(NC(=O)c4ccc(CC)nc4)c3)CC2)cc1.CCC. The van der Waals surface area contributed by atoms with Crippen molar-refractivity contribution in [2.45, 2.75) is 73.1 Å². The predicted molar refractivity (Wildman–Crippen MR) is 188 cm³/mol. The molecule has 1 aromatic heterocycles. The van der Waals surface area contributed by atoms with Gasteiger partial charge in [-0.1, -0.05) is 57.5 Å². The highest BCUT2D eigenvalue weighted by atomic mass is 16.2. The zero-order chi connectivity index (χ0) is 33.6. The minimum atomic E-state index is -0.259. The number of carbonyl (C=O) groups is 3. The molecule has 3 amide bonds. The van der Waals surface area contributed by atoms with Gasteiger partial charge in [0.15, 0.2) is 0 Å². The summed E-state index contributed by atoms with van der Waals surface area (Å²) in [4.78, 5) is 49.0. The van der Waals surface area contributed by atoms with E-state index in [-0.39, 0.29) is 23.5 Å². The van der Waals surface area contributed by atoms with Crippen molar-refractivity contribution in [2.24, 2.45) is 4.99 Å². The second kappa shape index (κ2) is 17.6. The molecular formula is C38H47N5O3. The molecular weight excluding hydrogens is 574 g/mol. The lowest BCUT2D eigenvalue weighted by Gasteiger charge is -2.32. The van der Waals surface area contributed by atoms with Crippen LogP contribution in [0.1, 0.15) is 108 Å². The highest BCUT2D eigenvalue weighted by molar-refractivity contribution is 6.05. The molecule has 0 bridgehead atoms. The number of likely N-dealkylation sites (tertiary alicyclic amines) is 1. The molecule has 0 radical (unpaired) electrons. The average Bonchev–Trinajstić information content (AvgIpc) is 3.05. The molecule has 1 aliphatic rings. The number of piperidine rings is 1. The summed E-state index contributed by atoms with van der Waals surface area (Å²) in [7, 11) is 0. The van der Waals surface area contributed by atoms with Crippen molar-refractivity contribution < 1.29 is 14.4 Å². The monoisotopic (exact) mass is 621 g/mol. The van der Waals surface area contributed by atoms with E-state index in [4.69, 9.17) is 0 Å². The maximum atomic E-state index is 13.4. The third-order valence-corrected chi connectivity index (χ3v) is 7.50. The maximum absolute atomic E-state index is 13.4. The number of anilines is 1. The van der Waals surface area contributed by atoms with Gasteiger partial charge in [-0.2, -0.15) is 0 Å². The van der Waals surface area contributed by atoms with Crippen molar-refractivity contribution in [3.05, 3.63) is 118 Å². The van der Waals surface area contributed by atoms with Gasteiger partial charge in [-0.3, -0.25) is 19.4 Å². The number of aliphatic imine (C=N–C) groups is 1. The number of nitrogens with zero attached hydrogens (tertiary/aromatic N) is 3. The van der Waals surface area contributed by atoms with Crippen molar-refractivity contribution in [2.75, 3.05) is 18.4 Å². The molecule has 0 atom stereocenters. The Morgan fingerprint density at radius 2 is 1.57 bits per heavy atom. The van der Waals surface area contributed by atoms with Crippen LogP contribution in [-0.4, -0.2) is 46.9 Å². The molecule has 242 valence electrons. The van der Waals surface area contributed by atoms with Crippen LogP contribution in [0, 0.1) is 6.92 Å². The smallest absolute Gasteiger partial charge is 0.257 e. The molecule has 2 aromatic carbocycles. The van der Waals surface area contributed by atoms with Crippen molar-refractivity contribution in [3.8, 4) is 0 Å². The summed E-state index contributed by atoms with van der Waals surface area (Å²) in [5.41, 5.74) is 6.20. The normalized spacial score (nSPS) is 13.0. The Hall–Kier alpha value is -4.85. The first-order chi connectivity index (χ1) is 22.1. The number of nitrogens with one attached hydrogen (secondary N) is 2. The average molecular weight is 622 g/mol. The summed E-state index contributed by atoms with van der Waals surface area (Å²) >= 11 is 0. The Labute approximate surface area is 273 Å². The van der Waals surface area contributed by atoms with Gasteiger partial charge in [0.2, 0.25) is 0 Å². The van der Waals surface area contributed by atoms with E-state index in [0.29, 0.717) is 41.4 Å². The van der Waals surface area contributed by atoms with Gasteiger partial charge in [-0.05, 0) is 99.6 Å². The number of benzene rings is 2. The first kappa shape index (κ1) is 35.6. The van der Waals surface area contributed by atoms with Crippen molar-refractivity contribution in [1.29, 1.82) is 0 Å². The van der Waals surface area contributed by atoms with E-state index in [1.54, 1.807) is 24.5 Å². The zero-order valence-corrected chi connectivity index (χ0v) is 28.0. The second-order valence-corrected chi connectivity index (χ2v) is 11.7. The Morgan fingerprint density at radius 3 is 2.15 bits per heavy atom. The molecule has 2 heterocycles. The van der Waals surface area contributed by atoms with Crippen molar-refractivity contribution >= 4 is 29.6 Å². The molecule has 0 spiro atoms. The molecule has 0 aliphatic carbocycles. The van der Waals surface area contributed by atoms with E-state index in [0.717, 1.165) is 41.7 Å². The van der Waals surface area contributed by atoms with E-state index in [1.165, 1.54) is 6.42 Å². The van der Waals surface area contributed by atoms with E-state index >= 15 is 0 Å². The summed E-state index contributed by atoms with van der Waals surface area (Å²) in [6, 6.07) is 16.6. The number of aromatic nitrogens is 1. The van der Waals surface area contributed by atoms with Crippen LogP contribution in [0.3, 0.4) is 0 Å². The number of pyridine rings is 1. The van der Waals surface area contributed by atoms with Gasteiger partial charge in [0.25, 0.3) is 17.7 Å². The lowest BCUT2D eigenvalue weighted by atomic mass is 9.88. The molecule has 1 fully saturated rings.